The van der Waals surface area contributed by atoms with E-state index in [4.69, 9.17) is 0 Å². The number of benzene rings is 2. The first-order chi connectivity index (χ1) is 14.1. The summed E-state index contributed by atoms with van der Waals surface area (Å²) >= 11 is 0. The molecule has 29 heavy (non-hydrogen) atoms. The minimum absolute atomic E-state index is 0.00162. The number of nitrogens with zero attached hydrogens (tertiary/aromatic N) is 1. The van der Waals surface area contributed by atoms with Crippen LogP contribution in [0.3, 0.4) is 0 Å². The van der Waals surface area contributed by atoms with Crippen molar-refractivity contribution in [2.45, 2.75) is 52.0 Å². The molecule has 0 spiro atoms. The summed E-state index contributed by atoms with van der Waals surface area (Å²) in [6.45, 7) is 3.03. The third-order valence-electron chi connectivity index (χ3n) is 5.39. The van der Waals surface area contributed by atoms with Crippen LogP contribution in [0.25, 0.3) is 0 Å². The summed E-state index contributed by atoms with van der Waals surface area (Å²) in [4.78, 5) is 26.9. The van der Waals surface area contributed by atoms with E-state index in [2.05, 4.69) is 5.32 Å². The summed E-state index contributed by atoms with van der Waals surface area (Å²) in [6.07, 6.45) is 5.21. The molecule has 1 aliphatic rings. The predicted molar refractivity (Wildman–Crippen MR) is 113 cm³/mol. The van der Waals surface area contributed by atoms with Crippen molar-refractivity contribution in [1.82, 2.24) is 5.32 Å². The maximum Gasteiger partial charge on any atom is 0.230 e. The Morgan fingerprint density at radius 1 is 1.07 bits per heavy atom. The molecule has 0 bridgehead atoms. The van der Waals surface area contributed by atoms with Crippen molar-refractivity contribution in [1.29, 1.82) is 0 Å². The van der Waals surface area contributed by atoms with Crippen molar-refractivity contribution in [2.24, 2.45) is 5.92 Å². The van der Waals surface area contributed by atoms with Crippen LogP contribution in [-0.4, -0.2) is 18.4 Å². The van der Waals surface area contributed by atoms with E-state index in [1.165, 1.54) is 12.1 Å². The van der Waals surface area contributed by atoms with Gasteiger partial charge in [0, 0.05) is 18.2 Å². The highest BCUT2D eigenvalue weighted by Crippen LogP contribution is 2.30. The van der Waals surface area contributed by atoms with Crippen molar-refractivity contribution in [3.05, 3.63) is 65.5 Å². The maximum absolute atomic E-state index is 13.6. The van der Waals surface area contributed by atoms with Crippen LogP contribution in [0.2, 0.25) is 0 Å². The van der Waals surface area contributed by atoms with Crippen LogP contribution in [0.4, 0.5) is 10.1 Å². The molecule has 0 radical (unpaired) electrons. The molecule has 2 aromatic carbocycles. The highest BCUT2D eigenvalue weighted by molar-refractivity contribution is 5.95. The number of halogens is 1. The van der Waals surface area contributed by atoms with Gasteiger partial charge in [0.05, 0.1) is 13.0 Å². The van der Waals surface area contributed by atoms with Crippen LogP contribution >= 0.6 is 0 Å². The molecule has 1 N–H and O–H groups in total. The zero-order valence-electron chi connectivity index (χ0n) is 17.0. The lowest BCUT2D eigenvalue weighted by molar-refractivity contribution is -0.122. The van der Waals surface area contributed by atoms with Crippen LogP contribution < -0.4 is 10.2 Å². The lowest BCUT2D eigenvalue weighted by Gasteiger charge is -2.26. The number of rotatable bonds is 8. The monoisotopic (exact) mass is 396 g/mol. The van der Waals surface area contributed by atoms with Crippen LogP contribution in [0.15, 0.2) is 48.5 Å². The number of amides is 2. The Morgan fingerprint density at radius 2 is 1.79 bits per heavy atom. The fraction of sp³-hybridized carbons (Fsp3) is 0.417. The maximum atomic E-state index is 13.6. The lowest BCUT2D eigenvalue weighted by Crippen LogP contribution is -2.35. The van der Waals surface area contributed by atoms with Crippen molar-refractivity contribution >= 4 is 17.5 Å². The second-order valence-electron chi connectivity index (χ2n) is 7.73. The number of hydrogen-bond acceptors (Lipinski definition) is 2. The standard InChI is InChI=1S/C24H29FN2O2/c1-2-14-26-23(28)16-18-10-12-22(13-11-18)27(24(29)20-7-3-4-8-20)17-19-6-5-9-21(25)15-19/h5-6,9-13,15,20H,2-4,7-8,14,16-17H2,1H3,(H,26,28). The molecule has 2 aromatic rings. The van der Waals surface area contributed by atoms with Gasteiger partial charge < -0.3 is 10.2 Å². The second-order valence-corrected chi connectivity index (χ2v) is 7.73. The first kappa shape index (κ1) is 21.0. The molecule has 0 heterocycles. The molecule has 2 amide bonds. The summed E-state index contributed by atoms with van der Waals surface area (Å²) in [5.74, 6) is -0.175. The van der Waals surface area contributed by atoms with Gasteiger partial charge in [-0.2, -0.15) is 0 Å². The number of anilines is 1. The summed E-state index contributed by atoms with van der Waals surface area (Å²) in [7, 11) is 0. The van der Waals surface area contributed by atoms with E-state index in [9.17, 15) is 14.0 Å². The smallest absolute Gasteiger partial charge is 0.230 e. The number of carbonyl (C=O) groups is 2. The number of carbonyl (C=O) groups excluding carboxylic acids is 2. The van der Waals surface area contributed by atoms with Crippen LogP contribution in [0.5, 0.6) is 0 Å². The summed E-state index contributed by atoms with van der Waals surface area (Å²) in [6, 6.07) is 13.9. The van der Waals surface area contributed by atoms with Crippen molar-refractivity contribution < 1.29 is 14.0 Å². The molecule has 154 valence electrons. The average molecular weight is 397 g/mol. The van der Waals surface area contributed by atoms with Gasteiger partial charge in [-0.1, -0.05) is 44.0 Å². The molecule has 0 saturated heterocycles. The third-order valence-corrected chi connectivity index (χ3v) is 5.39. The largest absolute Gasteiger partial charge is 0.356 e. The summed E-state index contributed by atoms with van der Waals surface area (Å²) < 4.78 is 13.6. The van der Waals surface area contributed by atoms with Gasteiger partial charge in [0.1, 0.15) is 5.82 Å². The molecule has 4 nitrogen and oxygen atoms in total. The molecule has 3 rings (SSSR count). The summed E-state index contributed by atoms with van der Waals surface area (Å²) in [5.41, 5.74) is 2.45. The van der Waals surface area contributed by atoms with E-state index in [1.54, 1.807) is 11.0 Å². The minimum Gasteiger partial charge on any atom is -0.356 e. The van der Waals surface area contributed by atoms with Crippen molar-refractivity contribution in [2.75, 3.05) is 11.4 Å². The fourth-order valence-electron chi connectivity index (χ4n) is 3.81. The molecule has 0 atom stereocenters. The third kappa shape index (κ3) is 5.89. The van der Waals surface area contributed by atoms with Gasteiger partial charge in [-0.05, 0) is 54.7 Å². The first-order valence-electron chi connectivity index (χ1n) is 10.5. The predicted octanol–water partition coefficient (Wildman–Crippen LogP) is 4.62. The van der Waals surface area contributed by atoms with Crippen LogP contribution in [0, 0.1) is 11.7 Å². The zero-order valence-corrected chi connectivity index (χ0v) is 17.0. The van der Waals surface area contributed by atoms with E-state index in [0.29, 0.717) is 19.5 Å². The normalized spacial score (nSPS) is 14.0. The van der Waals surface area contributed by atoms with E-state index in [-0.39, 0.29) is 23.5 Å². The van der Waals surface area contributed by atoms with Gasteiger partial charge in [0.15, 0.2) is 0 Å². The van der Waals surface area contributed by atoms with Gasteiger partial charge in [-0.3, -0.25) is 9.59 Å². The summed E-state index contributed by atoms with van der Waals surface area (Å²) in [5, 5.41) is 2.87. The lowest BCUT2D eigenvalue weighted by atomic mass is 10.0. The van der Waals surface area contributed by atoms with E-state index in [1.807, 2.05) is 37.3 Å². The molecular formula is C24H29FN2O2. The first-order valence-corrected chi connectivity index (χ1v) is 10.5. The van der Waals surface area contributed by atoms with Gasteiger partial charge in [0.25, 0.3) is 0 Å². The van der Waals surface area contributed by atoms with Gasteiger partial charge in [-0.25, -0.2) is 4.39 Å². The topological polar surface area (TPSA) is 49.4 Å². The Morgan fingerprint density at radius 3 is 2.45 bits per heavy atom. The van der Waals surface area contributed by atoms with Crippen LogP contribution in [-0.2, 0) is 22.6 Å². The fourth-order valence-corrected chi connectivity index (χ4v) is 3.81. The highest BCUT2D eigenvalue weighted by Gasteiger charge is 2.28. The molecule has 1 fully saturated rings. The SMILES string of the molecule is CCCNC(=O)Cc1ccc(N(Cc2cccc(F)c2)C(=O)C2CCCC2)cc1. The molecule has 1 aliphatic carbocycles. The Hall–Kier alpha value is -2.69. The minimum atomic E-state index is -0.302. The molecule has 0 aliphatic heterocycles. The Bertz CT molecular complexity index is 829. The molecule has 0 aromatic heterocycles. The average Bonchev–Trinajstić information content (AvgIpc) is 3.26. The second kappa shape index (κ2) is 10.2. The molecule has 0 unspecified atom stereocenters. The highest BCUT2D eigenvalue weighted by atomic mass is 19.1. The zero-order chi connectivity index (χ0) is 20.6. The van der Waals surface area contributed by atoms with Gasteiger partial charge in [-0.15, -0.1) is 0 Å². The Kier molecular flexibility index (Phi) is 7.39. The Balaban J connectivity index is 1.77. The van der Waals surface area contributed by atoms with E-state index in [0.717, 1.165) is 48.9 Å². The molecular weight excluding hydrogens is 367 g/mol. The van der Waals surface area contributed by atoms with Gasteiger partial charge in [0.2, 0.25) is 11.8 Å². The van der Waals surface area contributed by atoms with Gasteiger partial charge >= 0.3 is 0 Å². The Labute approximate surface area is 172 Å². The number of hydrogen-bond donors (Lipinski definition) is 1. The van der Waals surface area contributed by atoms with Crippen LogP contribution in [0.1, 0.15) is 50.2 Å². The van der Waals surface area contributed by atoms with E-state index >= 15 is 0 Å². The van der Waals surface area contributed by atoms with Crippen molar-refractivity contribution in [3.8, 4) is 0 Å². The molecule has 1 saturated carbocycles. The quantitative estimate of drug-likeness (QED) is 0.708. The van der Waals surface area contributed by atoms with E-state index < -0.39 is 0 Å². The molecule has 5 heteroatoms. The van der Waals surface area contributed by atoms with Crippen molar-refractivity contribution in [3.63, 3.8) is 0 Å². The number of nitrogens with one attached hydrogen (secondary N) is 1.